The van der Waals surface area contributed by atoms with Crippen molar-refractivity contribution in [2.75, 3.05) is 12.8 Å². The van der Waals surface area contributed by atoms with E-state index in [2.05, 4.69) is 0 Å². The Bertz CT molecular complexity index is 419. The molecule has 0 spiro atoms. The Morgan fingerprint density at radius 2 is 2.12 bits per heavy atom. The van der Waals surface area contributed by atoms with Crippen LogP contribution in [-0.4, -0.2) is 13.2 Å². The van der Waals surface area contributed by atoms with Crippen LogP contribution in [0.4, 0.5) is 5.69 Å². The molecular formula is C14H19NO2. The predicted octanol–water partition coefficient (Wildman–Crippen LogP) is 2.84. The molecule has 2 aliphatic carbocycles. The second-order valence-corrected chi connectivity index (χ2v) is 5.23. The summed E-state index contributed by atoms with van der Waals surface area (Å²) in [5, 5.41) is 0. The Kier molecular flexibility index (Phi) is 2.61. The molecule has 2 saturated carbocycles. The summed E-state index contributed by atoms with van der Waals surface area (Å²) in [7, 11) is 1.63. The Morgan fingerprint density at radius 1 is 1.24 bits per heavy atom. The number of nitrogens with two attached hydrogens (primary N) is 1. The quantitative estimate of drug-likeness (QED) is 0.816. The highest BCUT2D eigenvalue weighted by Crippen LogP contribution is 2.46. The van der Waals surface area contributed by atoms with Crippen LogP contribution in [0.2, 0.25) is 0 Å². The number of nitrogen functional groups attached to an aromatic ring is 1. The molecule has 2 bridgehead atoms. The highest BCUT2D eigenvalue weighted by Gasteiger charge is 2.40. The lowest BCUT2D eigenvalue weighted by Crippen LogP contribution is -2.23. The van der Waals surface area contributed by atoms with Gasteiger partial charge in [0, 0.05) is 6.07 Å². The van der Waals surface area contributed by atoms with Crippen LogP contribution in [0.15, 0.2) is 18.2 Å². The van der Waals surface area contributed by atoms with E-state index in [0.717, 1.165) is 17.6 Å². The van der Waals surface area contributed by atoms with Crippen LogP contribution in [0.3, 0.4) is 0 Å². The maximum Gasteiger partial charge on any atom is 0.142 e. The standard InChI is InChI=1S/C14H19NO2/c1-16-13-5-4-11(8-12(13)15)17-14-7-9-2-3-10(14)6-9/h4-5,8-10,14H,2-3,6-7,15H2,1H3. The first kappa shape index (κ1) is 10.8. The molecule has 0 radical (unpaired) electrons. The van der Waals surface area contributed by atoms with Crippen LogP contribution in [0.5, 0.6) is 11.5 Å². The van der Waals surface area contributed by atoms with Gasteiger partial charge in [-0.3, -0.25) is 0 Å². The fourth-order valence-electron chi connectivity index (χ4n) is 3.29. The van der Waals surface area contributed by atoms with Crippen molar-refractivity contribution in [3.05, 3.63) is 18.2 Å². The fourth-order valence-corrected chi connectivity index (χ4v) is 3.29. The van der Waals surface area contributed by atoms with Gasteiger partial charge in [0.2, 0.25) is 0 Å². The molecule has 0 aromatic heterocycles. The van der Waals surface area contributed by atoms with Gasteiger partial charge in [0.1, 0.15) is 17.6 Å². The zero-order chi connectivity index (χ0) is 11.8. The molecule has 3 heteroatoms. The van der Waals surface area contributed by atoms with Gasteiger partial charge >= 0.3 is 0 Å². The zero-order valence-electron chi connectivity index (χ0n) is 10.2. The highest BCUT2D eigenvalue weighted by atomic mass is 16.5. The summed E-state index contributed by atoms with van der Waals surface area (Å²) in [5.41, 5.74) is 6.52. The molecule has 3 atom stereocenters. The topological polar surface area (TPSA) is 44.5 Å². The lowest BCUT2D eigenvalue weighted by molar-refractivity contribution is 0.138. The van der Waals surface area contributed by atoms with Crippen LogP contribution < -0.4 is 15.2 Å². The first-order valence-electron chi connectivity index (χ1n) is 6.36. The van der Waals surface area contributed by atoms with Crippen molar-refractivity contribution in [2.45, 2.75) is 31.8 Å². The summed E-state index contributed by atoms with van der Waals surface area (Å²) < 4.78 is 11.2. The Morgan fingerprint density at radius 3 is 2.71 bits per heavy atom. The number of benzene rings is 1. The second kappa shape index (κ2) is 4.13. The van der Waals surface area contributed by atoms with Crippen molar-refractivity contribution in [3.63, 3.8) is 0 Å². The fraction of sp³-hybridized carbons (Fsp3) is 0.571. The molecule has 0 heterocycles. The number of anilines is 1. The van der Waals surface area contributed by atoms with Crippen LogP contribution in [-0.2, 0) is 0 Å². The first-order chi connectivity index (χ1) is 8.26. The van der Waals surface area contributed by atoms with E-state index in [0.29, 0.717) is 17.5 Å². The molecule has 0 amide bonds. The number of rotatable bonds is 3. The molecule has 92 valence electrons. The second-order valence-electron chi connectivity index (χ2n) is 5.23. The molecule has 17 heavy (non-hydrogen) atoms. The predicted molar refractivity (Wildman–Crippen MR) is 67.3 cm³/mol. The van der Waals surface area contributed by atoms with E-state index in [4.69, 9.17) is 15.2 Å². The largest absolute Gasteiger partial charge is 0.495 e. The molecule has 3 nitrogen and oxygen atoms in total. The molecule has 2 fully saturated rings. The average molecular weight is 233 g/mol. The summed E-state index contributed by atoms with van der Waals surface area (Å²) in [6.45, 7) is 0. The van der Waals surface area contributed by atoms with Crippen molar-refractivity contribution < 1.29 is 9.47 Å². The molecule has 1 aromatic rings. The molecule has 2 N–H and O–H groups in total. The van der Waals surface area contributed by atoms with Crippen molar-refractivity contribution in [1.82, 2.24) is 0 Å². The van der Waals surface area contributed by atoms with Crippen molar-refractivity contribution in [2.24, 2.45) is 11.8 Å². The van der Waals surface area contributed by atoms with Crippen molar-refractivity contribution >= 4 is 5.69 Å². The van der Waals surface area contributed by atoms with E-state index in [1.165, 1.54) is 25.7 Å². The SMILES string of the molecule is COc1ccc(OC2CC3CCC2C3)cc1N. The molecule has 3 unspecified atom stereocenters. The Labute approximate surface area is 102 Å². The molecular weight excluding hydrogens is 214 g/mol. The van der Waals surface area contributed by atoms with E-state index in [-0.39, 0.29) is 0 Å². The third-order valence-corrected chi connectivity index (χ3v) is 4.16. The van der Waals surface area contributed by atoms with Crippen LogP contribution >= 0.6 is 0 Å². The zero-order valence-corrected chi connectivity index (χ0v) is 10.2. The van der Waals surface area contributed by atoms with Gasteiger partial charge in [-0.15, -0.1) is 0 Å². The van der Waals surface area contributed by atoms with Gasteiger partial charge in [0.05, 0.1) is 12.8 Å². The summed E-state index contributed by atoms with van der Waals surface area (Å²) in [4.78, 5) is 0. The van der Waals surface area contributed by atoms with Crippen LogP contribution in [0.25, 0.3) is 0 Å². The van der Waals surface area contributed by atoms with Gasteiger partial charge in [-0.1, -0.05) is 0 Å². The van der Waals surface area contributed by atoms with Crippen LogP contribution in [0, 0.1) is 11.8 Å². The van der Waals surface area contributed by atoms with Gasteiger partial charge < -0.3 is 15.2 Å². The normalized spacial score (nSPS) is 30.5. The summed E-state index contributed by atoms with van der Waals surface area (Å²) in [6.07, 6.45) is 5.71. The smallest absolute Gasteiger partial charge is 0.142 e. The van der Waals surface area contributed by atoms with E-state index >= 15 is 0 Å². The molecule has 2 aliphatic rings. The van der Waals surface area contributed by atoms with Gasteiger partial charge in [0.25, 0.3) is 0 Å². The van der Waals surface area contributed by atoms with Gasteiger partial charge in [0.15, 0.2) is 0 Å². The molecule has 1 aromatic carbocycles. The molecule has 0 saturated heterocycles. The van der Waals surface area contributed by atoms with Gasteiger partial charge in [-0.2, -0.15) is 0 Å². The van der Waals surface area contributed by atoms with Crippen molar-refractivity contribution in [1.29, 1.82) is 0 Å². The van der Waals surface area contributed by atoms with E-state index < -0.39 is 0 Å². The minimum Gasteiger partial charge on any atom is -0.495 e. The summed E-state index contributed by atoms with van der Waals surface area (Å²) >= 11 is 0. The number of hydrogen-bond acceptors (Lipinski definition) is 3. The molecule has 0 aliphatic heterocycles. The third kappa shape index (κ3) is 1.94. The van der Waals surface area contributed by atoms with Gasteiger partial charge in [-0.05, 0) is 49.7 Å². The summed E-state index contributed by atoms with van der Waals surface area (Å²) in [6, 6.07) is 5.68. The third-order valence-electron chi connectivity index (χ3n) is 4.16. The minimum atomic E-state index is 0.404. The Hall–Kier alpha value is -1.38. The van der Waals surface area contributed by atoms with E-state index in [1.807, 2.05) is 18.2 Å². The van der Waals surface area contributed by atoms with Crippen molar-refractivity contribution in [3.8, 4) is 11.5 Å². The van der Waals surface area contributed by atoms with Gasteiger partial charge in [-0.25, -0.2) is 0 Å². The number of fused-ring (bicyclic) bond motifs is 2. The monoisotopic (exact) mass is 233 g/mol. The maximum atomic E-state index is 6.05. The number of methoxy groups -OCH3 is 1. The average Bonchev–Trinajstić information content (AvgIpc) is 2.91. The van der Waals surface area contributed by atoms with E-state index in [9.17, 15) is 0 Å². The first-order valence-corrected chi connectivity index (χ1v) is 6.36. The Balaban J connectivity index is 1.71. The summed E-state index contributed by atoms with van der Waals surface area (Å²) in [5.74, 6) is 3.26. The van der Waals surface area contributed by atoms with Crippen LogP contribution in [0.1, 0.15) is 25.7 Å². The highest BCUT2D eigenvalue weighted by molar-refractivity contribution is 5.56. The van der Waals surface area contributed by atoms with E-state index in [1.54, 1.807) is 7.11 Å². The molecule has 3 rings (SSSR count). The lowest BCUT2D eigenvalue weighted by Gasteiger charge is -2.23. The number of ether oxygens (including phenoxy) is 2. The lowest BCUT2D eigenvalue weighted by atomic mass is 9.98. The number of hydrogen-bond donors (Lipinski definition) is 1. The minimum absolute atomic E-state index is 0.404. The maximum absolute atomic E-state index is 6.05.